The first-order chi connectivity index (χ1) is 12.5. The van der Waals surface area contributed by atoms with Gasteiger partial charge in [-0.2, -0.15) is 0 Å². The van der Waals surface area contributed by atoms with Gasteiger partial charge in [-0.3, -0.25) is 9.59 Å². The number of ether oxygens (including phenoxy) is 2. The number of anilines is 2. The molecule has 0 unspecified atom stereocenters. The molecule has 0 bridgehead atoms. The van der Waals surface area contributed by atoms with Crippen molar-refractivity contribution in [1.82, 2.24) is 0 Å². The number of carbonyl (C=O) groups is 3. The van der Waals surface area contributed by atoms with Gasteiger partial charge in [0, 0.05) is 18.2 Å². The Morgan fingerprint density at radius 2 is 1.92 bits per heavy atom. The average molecular weight is 354 g/mol. The molecule has 7 nitrogen and oxygen atoms in total. The molecule has 1 aliphatic rings. The highest BCUT2D eigenvalue weighted by atomic mass is 16.5. The topological polar surface area (TPSA) is 93.7 Å². The second-order valence-electron chi connectivity index (χ2n) is 5.83. The minimum absolute atomic E-state index is 0.0176. The Labute approximate surface area is 150 Å². The molecular formula is C19H18N2O5. The molecule has 0 aromatic heterocycles. The first-order valence-electron chi connectivity index (χ1n) is 8.03. The SMILES string of the molecule is COc1ccc(NC(C)=O)cc1NC(=O)C[C@@H]1OC(=O)c2ccccc21. The van der Waals surface area contributed by atoms with E-state index in [0.29, 0.717) is 28.3 Å². The molecular weight excluding hydrogens is 336 g/mol. The van der Waals surface area contributed by atoms with Gasteiger partial charge in [0.1, 0.15) is 11.9 Å². The average Bonchev–Trinajstić information content (AvgIpc) is 2.91. The summed E-state index contributed by atoms with van der Waals surface area (Å²) in [6.45, 7) is 1.40. The number of hydrogen-bond acceptors (Lipinski definition) is 5. The highest BCUT2D eigenvalue weighted by molar-refractivity contribution is 5.97. The van der Waals surface area contributed by atoms with Crippen LogP contribution in [-0.4, -0.2) is 24.9 Å². The molecule has 0 radical (unpaired) electrons. The standard InChI is InChI=1S/C19H18N2O5/c1-11(22)20-12-7-8-16(25-2)15(9-12)21-18(23)10-17-13-5-3-4-6-14(13)19(24)26-17/h3-9,17H,10H2,1-2H3,(H,20,22)(H,21,23)/t17-/m0/s1. The summed E-state index contributed by atoms with van der Waals surface area (Å²) in [6.07, 6.45) is -0.640. The van der Waals surface area contributed by atoms with Crippen molar-refractivity contribution in [1.29, 1.82) is 0 Å². The van der Waals surface area contributed by atoms with Gasteiger partial charge in [0.25, 0.3) is 0 Å². The van der Waals surface area contributed by atoms with Crippen molar-refractivity contribution in [2.45, 2.75) is 19.4 Å². The molecule has 2 amide bonds. The molecule has 7 heteroatoms. The molecule has 0 aliphatic carbocycles. The molecule has 0 spiro atoms. The van der Waals surface area contributed by atoms with Crippen LogP contribution in [0.1, 0.15) is 35.4 Å². The Morgan fingerprint density at radius 3 is 2.65 bits per heavy atom. The lowest BCUT2D eigenvalue weighted by molar-refractivity contribution is -0.118. The Bertz CT molecular complexity index is 878. The maximum Gasteiger partial charge on any atom is 0.339 e. The van der Waals surface area contributed by atoms with Crippen molar-refractivity contribution in [2.75, 3.05) is 17.7 Å². The number of carbonyl (C=O) groups excluding carboxylic acids is 3. The number of esters is 1. The third kappa shape index (κ3) is 3.66. The Morgan fingerprint density at radius 1 is 1.15 bits per heavy atom. The Kier molecular flexibility index (Phi) is 4.88. The van der Waals surface area contributed by atoms with Crippen LogP contribution in [0.4, 0.5) is 11.4 Å². The van der Waals surface area contributed by atoms with Crippen LogP contribution in [-0.2, 0) is 14.3 Å². The van der Waals surface area contributed by atoms with Crippen molar-refractivity contribution in [3.8, 4) is 5.75 Å². The van der Waals surface area contributed by atoms with E-state index in [9.17, 15) is 14.4 Å². The monoisotopic (exact) mass is 354 g/mol. The molecule has 2 aromatic rings. The van der Waals surface area contributed by atoms with E-state index in [4.69, 9.17) is 9.47 Å². The van der Waals surface area contributed by atoms with Gasteiger partial charge in [-0.05, 0) is 24.3 Å². The lowest BCUT2D eigenvalue weighted by Crippen LogP contribution is -2.16. The minimum atomic E-state index is -0.622. The summed E-state index contributed by atoms with van der Waals surface area (Å²) >= 11 is 0. The van der Waals surface area contributed by atoms with Crippen LogP contribution in [0.5, 0.6) is 5.75 Å². The molecule has 2 aromatic carbocycles. The number of rotatable bonds is 5. The third-order valence-electron chi connectivity index (χ3n) is 3.94. The summed E-state index contributed by atoms with van der Waals surface area (Å²) in [6, 6.07) is 11.9. The second kappa shape index (κ2) is 7.26. The summed E-state index contributed by atoms with van der Waals surface area (Å²) in [5, 5.41) is 5.39. The predicted octanol–water partition coefficient (Wildman–Crippen LogP) is 2.89. The number of nitrogens with one attached hydrogen (secondary N) is 2. The smallest absolute Gasteiger partial charge is 0.339 e. The normalized spacial score (nSPS) is 15.0. The van der Waals surface area contributed by atoms with E-state index in [0.717, 1.165) is 0 Å². The fourth-order valence-electron chi connectivity index (χ4n) is 2.83. The van der Waals surface area contributed by atoms with E-state index in [-0.39, 0.29) is 18.2 Å². The fraction of sp³-hybridized carbons (Fsp3) is 0.211. The lowest BCUT2D eigenvalue weighted by Gasteiger charge is -2.14. The maximum atomic E-state index is 12.4. The molecule has 1 heterocycles. The van der Waals surface area contributed by atoms with E-state index >= 15 is 0 Å². The molecule has 2 N–H and O–H groups in total. The molecule has 0 saturated carbocycles. The number of cyclic esters (lactones) is 1. The molecule has 0 saturated heterocycles. The summed E-state index contributed by atoms with van der Waals surface area (Å²) < 4.78 is 10.5. The summed E-state index contributed by atoms with van der Waals surface area (Å²) in [5.41, 5.74) is 2.13. The van der Waals surface area contributed by atoms with Crippen LogP contribution in [0, 0.1) is 0 Å². The minimum Gasteiger partial charge on any atom is -0.495 e. The van der Waals surface area contributed by atoms with E-state index in [1.165, 1.54) is 14.0 Å². The summed E-state index contributed by atoms with van der Waals surface area (Å²) in [5.74, 6) is -0.528. The highest BCUT2D eigenvalue weighted by Gasteiger charge is 2.32. The zero-order chi connectivity index (χ0) is 18.7. The van der Waals surface area contributed by atoms with Gasteiger partial charge in [-0.25, -0.2) is 4.79 Å². The van der Waals surface area contributed by atoms with Gasteiger partial charge < -0.3 is 20.1 Å². The van der Waals surface area contributed by atoms with Crippen LogP contribution >= 0.6 is 0 Å². The van der Waals surface area contributed by atoms with Gasteiger partial charge in [0.15, 0.2) is 0 Å². The molecule has 1 aliphatic heterocycles. The maximum absolute atomic E-state index is 12.4. The summed E-state index contributed by atoms with van der Waals surface area (Å²) in [7, 11) is 1.48. The van der Waals surface area contributed by atoms with E-state index in [1.807, 2.05) is 0 Å². The first kappa shape index (κ1) is 17.5. The lowest BCUT2D eigenvalue weighted by atomic mass is 10.0. The third-order valence-corrected chi connectivity index (χ3v) is 3.94. The second-order valence-corrected chi connectivity index (χ2v) is 5.83. The zero-order valence-electron chi connectivity index (χ0n) is 14.4. The molecule has 0 fully saturated rings. The Balaban J connectivity index is 1.74. The van der Waals surface area contributed by atoms with Crippen LogP contribution in [0.25, 0.3) is 0 Å². The van der Waals surface area contributed by atoms with Crippen LogP contribution in [0.2, 0.25) is 0 Å². The number of amides is 2. The van der Waals surface area contributed by atoms with E-state index in [1.54, 1.807) is 42.5 Å². The molecule has 1 atom stereocenters. The number of benzene rings is 2. The van der Waals surface area contributed by atoms with Gasteiger partial charge in [0.2, 0.25) is 11.8 Å². The van der Waals surface area contributed by atoms with Crippen molar-refractivity contribution in [3.63, 3.8) is 0 Å². The van der Waals surface area contributed by atoms with Crippen LogP contribution < -0.4 is 15.4 Å². The van der Waals surface area contributed by atoms with Gasteiger partial charge in [0.05, 0.1) is 24.8 Å². The van der Waals surface area contributed by atoms with Crippen molar-refractivity contribution >= 4 is 29.2 Å². The van der Waals surface area contributed by atoms with Gasteiger partial charge in [-0.1, -0.05) is 18.2 Å². The largest absolute Gasteiger partial charge is 0.495 e. The van der Waals surface area contributed by atoms with E-state index in [2.05, 4.69) is 10.6 Å². The number of fused-ring (bicyclic) bond motifs is 1. The van der Waals surface area contributed by atoms with E-state index < -0.39 is 12.1 Å². The van der Waals surface area contributed by atoms with Crippen LogP contribution in [0.3, 0.4) is 0 Å². The summed E-state index contributed by atoms with van der Waals surface area (Å²) in [4.78, 5) is 35.5. The van der Waals surface area contributed by atoms with Gasteiger partial charge in [-0.15, -0.1) is 0 Å². The Hall–Kier alpha value is -3.35. The van der Waals surface area contributed by atoms with Crippen molar-refractivity contribution in [3.05, 3.63) is 53.6 Å². The molecule has 26 heavy (non-hydrogen) atoms. The van der Waals surface area contributed by atoms with Gasteiger partial charge >= 0.3 is 5.97 Å². The molecule has 134 valence electrons. The van der Waals surface area contributed by atoms with Crippen molar-refractivity contribution < 1.29 is 23.9 Å². The zero-order valence-corrected chi connectivity index (χ0v) is 14.4. The number of methoxy groups -OCH3 is 1. The fourth-order valence-corrected chi connectivity index (χ4v) is 2.83. The van der Waals surface area contributed by atoms with Crippen molar-refractivity contribution in [2.24, 2.45) is 0 Å². The highest BCUT2D eigenvalue weighted by Crippen LogP contribution is 2.34. The molecule has 3 rings (SSSR count). The quantitative estimate of drug-likeness (QED) is 0.805. The number of hydrogen-bond donors (Lipinski definition) is 2. The van der Waals surface area contributed by atoms with Crippen LogP contribution in [0.15, 0.2) is 42.5 Å². The first-order valence-corrected chi connectivity index (χ1v) is 8.03. The predicted molar refractivity (Wildman–Crippen MR) is 95.1 cm³/mol.